The van der Waals surface area contributed by atoms with Gasteiger partial charge >= 0.3 is 0 Å². The van der Waals surface area contributed by atoms with Crippen LogP contribution >= 0.6 is 11.6 Å². The van der Waals surface area contributed by atoms with Gasteiger partial charge in [-0.25, -0.2) is 4.39 Å². The third kappa shape index (κ3) is 4.21. The highest BCUT2D eigenvalue weighted by Gasteiger charge is 2.13. The molecule has 1 amide bonds. The number of carbonyl (C=O) groups excluding carboxylic acids is 1. The summed E-state index contributed by atoms with van der Waals surface area (Å²) in [4.78, 5) is 12.5. The summed E-state index contributed by atoms with van der Waals surface area (Å²) >= 11 is 5.76. The lowest BCUT2D eigenvalue weighted by Crippen LogP contribution is -2.12. The Kier molecular flexibility index (Phi) is 5.54. The number of hydrogen-bond donors (Lipinski definition) is 2. The molecule has 0 radical (unpaired) electrons. The topological polar surface area (TPSA) is 76.2 Å². The number of anilines is 1. The molecular weight excluding hydrogens is 409 g/mol. The van der Waals surface area contributed by atoms with Gasteiger partial charge in [-0.05, 0) is 54.1 Å². The van der Waals surface area contributed by atoms with Crippen LogP contribution in [0.2, 0.25) is 5.02 Å². The van der Waals surface area contributed by atoms with Crippen LogP contribution in [0.3, 0.4) is 0 Å². The van der Waals surface area contributed by atoms with Crippen molar-refractivity contribution in [3.05, 3.63) is 82.6 Å². The van der Waals surface area contributed by atoms with E-state index in [-0.39, 0.29) is 10.6 Å². The van der Waals surface area contributed by atoms with Crippen LogP contribution in [0.5, 0.6) is 11.5 Å². The van der Waals surface area contributed by atoms with Crippen LogP contribution in [0, 0.1) is 5.82 Å². The van der Waals surface area contributed by atoms with Gasteiger partial charge in [-0.15, -0.1) is 0 Å². The molecule has 0 unspecified atom stereocenters. The Hall–Kier alpha value is -3.58. The monoisotopic (exact) mass is 425 g/mol. The number of nitrogens with one attached hydrogen (secondary N) is 2. The number of rotatable bonds is 6. The van der Waals surface area contributed by atoms with Crippen LogP contribution in [0.15, 0.2) is 60.7 Å². The average molecular weight is 426 g/mol. The Bertz CT molecular complexity index is 1230. The molecule has 0 spiro atoms. The Morgan fingerprint density at radius 3 is 2.80 bits per heavy atom. The molecule has 4 rings (SSSR count). The van der Waals surface area contributed by atoms with Gasteiger partial charge in [0.15, 0.2) is 5.82 Å². The number of aromatic amines is 1. The lowest BCUT2D eigenvalue weighted by molar-refractivity contribution is 0.102. The van der Waals surface area contributed by atoms with E-state index < -0.39 is 11.7 Å². The number of carbonyl (C=O) groups is 1. The maximum Gasteiger partial charge on any atom is 0.256 e. The fourth-order valence-corrected chi connectivity index (χ4v) is 3.10. The van der Waals surface area contributed by atoms with Gasteiger partial charge in [-0.3, -0.25) is 9.89 Å². The molecule has 0 bridgehead atoms. The van der Waals surface area contributed by atoms with E-state index in [9.17, 15) is 9.18 Å². The zero-order chi connectivity index (χ0) is 21.1. The Labute approximate surface area is 176 Å². The molecule has 8 heteroatoms. The van der Waals surface area contributed by atoms with Gasteiger partial charge in [0.05, 0.1) is 17.6 Å². The smallest absolute Gasteiger partial charge is 0.256 e. The molecular formula is C22H17ClFN3O3. The predicted octanol–water partition coefficient (Wildman–Crippen LogP) is 5.20. The van der Waals surface area contributed by atoms with Crippen molar-refractivity contribution in [3.63, 3.8) is 0 Å². The van der Waals surface area contributed by atoms with Gasteiger partial charge in [-0.1, -0.05) is 23.7 Å². The molecule has 1 heterocycles. The highest BCUT2D eigenvalue weighted by atomic mass is 35.5. The summed E-state index contributed by atoms with van der Waals surface area (Å²) in [6, 6.07) is 16.8. The number of nitrogens with zero attached hydrogens (tertiary/aromatic N) is 1. The van der Waals surface area contributed by atoms with Crippen molar-refractivity contribution in [2.24, 2.45) is 0 Å². The highest BCUT2D eigenvalue weighted by molar-refractivity contribution is 6.31. The van der Waals surface area contributed by atoms with E-state index in [0.717, 1.165) is 22.9 Å². The van der Waals surface area contributed by atoms with E-state index in [1.54, 1.807) is 13.2 Å². The van der Waals surface area contributed by atoms with Crippen LogP contribution < -0.4 is 14.8 Å². The summed E-state index contributed by atoms with van der Waals surface area (Å²) in [5.41, 5.74) is 1.92. The molecule has 0 fully saturated rings. The maximum atomic E-state index is 13.3. The standard InChI is InChI=1S/C22H17ClFN3O3/c1-29-15-4-2-3-13(9-15)12-30-16-6-8-20-17(11-16)21(27-26-20)25-22(28)14-5-7-19(24)18(23)10-14/h2-11H,12H2,1H3,(H2,25,26,27,28). The van der Waals surface area contributed by atoms with Crippen LogP contribution in [0.4, 0.5) is 10.2 Å². The molecule has 3 aromatic carbocycles. The minimum absolute atomic E-state index is 0.122. The number of hydrogen-bond acceptors (Lipinski definition) is 4. The SMILES string of the molecule is COc1cccc(COc2ccc3[nH]nc(NC(=O)c4ccc(F)c(Cl)c4)c3c2)c1. The molecule has 6 nitrogen and oxygen atoms in total. The number of aromatic nitrogens is 2. The third-order valence-electron chi connectivity index (χ3n) is 4.49. The fraction of sp³-hybridized carbons (Fsp3) is 0.0909. The maximum absolute atomic E-state index is 13.3. The first-order valence-electron chi connectivity index (χ1n) is 9.04. The van der Waals surface area contributed by atoms with Crippen LogP contribution in [-0.2, 0) is 6.61 Å². The average Bonchev–Trinajstić information content (AvgIpc) is 3.16. The second-order valence-electron chi connectivity index (χ2n) is 6.50. The van der Waals surface area contributed by atoms with Gasteiger partial charge < -0.3 is 14.8 Å². The van der Waals surface area contributed by atoms with E-state index in [1.165, 1.54) is 12.1 Å². The molecule has 0 aliphatic carbocycles. The lowest BCUT2D eigenvalue weighted by atomic mass is 10.2. The highest BCUT2D eigenvalue weighted by Crippen LogP contribution is 2.27. The third-order valence-corrected chi connectivity index (χ3v) is 4.78. The molecule has 152 valence electrons. The summed E-state index contributed by atoms with van der Waals surface area (Å²) in [6.45, 7) is 0.357. The first kappa shape index (κ1) is 19.7. The summed E-state index contributed by atoms with van der Waals surface area (Å²) in [5, 5.41) is 10.3. The summed E-state index contributed by atoms with van der Waals surface area (Å²) < 4.78 is 24.4. The van der Waals surface area contributed by atoms with Crippen molar-refractivity contribution >= 4 is 34.2 Å². The number of benzene rings is 3. The molecule has 0 saturated heterocycles. The van der Waals surface area contributed by atoms with Crippen molar-refractivity contribution < 1.29 is 18.7 Å². The quantitative estimate of drug-likeness (QED) is 0.445. The van der Waals surface area contributed by atoms with Crippen LogP contribution in [-0.4, -0.2) is 23.2 Å². The summed E-state index contributed by atoms with van der Waals surface area (Å²) in [7, 11) is 1.61. The van der Waals surface area contributed by atoms with Crippen molar-refractivity contribution in [2.45, 2.75) is 6.61 Å². The normalized spacial score (nSPS) is 10.8. The van der Waals surface area contributed by atoms with E-state index in [2.05, 4.69) is 15.5 Å². The molecule has 30 heavy (non-hydrogen) atoms. The zero-order valence-electron chi connectivity index (χ0n) is 15.9. The predicted molar refractivity (Wildman–Crippen MR) is 113 cm³/mol. The molecule has 0 atom stereocenters. The van der Waals surface area contributed by atoms with Crippen molar-refractivity contribution in [3.8, 4) is 11.5 Å². The van der Waals surface area contributed by atoms with Crippen molar-refractivity contribution in [1.29, 1.82) is 0 Å². The second kappa shape index (κ2) is 8.42. The van der Waals surface area contributed by atoms with E-state index in [1.807, 2.05) is 36.4 Å². The molecule has 0 saturated carbocycles. The Morgan fingerprint density at radius 1 is 1.13 bits per heavy atom. The second-order valence-corrected chi connectivity index (χ2v) is 6.91. The van der Waals surface area contributed by atoms with E-state index >= 15 is 0 Å². The lowest BCUT2D eigenvalue weighted by Gasteiger charge is -2.08. The van der Waals surface area contributed by atoms with Crippen LogP contribution in [0.25, 0.3) is 10.9 Å². The number of halogens is 2. The fourth-order valence-electron chi connectivity index (χ4n) is 2.92. The van der Waals surface area contributed by atoms with Gasteiger partial charge in [0.1, 0.15) is 23.9 Å². The first-order chi connectivity index (χ1) is 14.5. The molecule has 1 aromatic heterocycles. The molecule has 0 aliphatic rings. The van der Waals surface area contributed by atoms with Gasteiger partial charge in [-0.2, -0.15) is 5.10 Å². The number of H-pyrrole nitrogens is 1. The van der Waals surface area contributed by atoms with Gasteiger partial charge in [0.25, 0.3) is 5.91 Å². The molecule has 4 aromatic rings. The van der Waals surface area contributed by atoms with Crippen molar-refractivity contribution in [1.82, 2.24) is 10.2 Å². The number of ether oxygens (including phenoxy) is 2. The Balaban J connectivity index is 1.52. The molecule has 2 N–H and O–H groups in total. The summed E-state index contributed by atoms with van der Waals surface area (Å²) in [6.07, 6.45) is 0. The Morgan fingerprint density at radius 2 is 2.00 bits per heavy atom. The first-order valence-corrected chi connectivity index (χ1v) is 9.41. The number of amides is 1. The molecule has 0 aliphatic heterocycles. The van der Waals surface area contributed by atoms with Crippen molar-refractivity contribution in [2.75, 3.05) is 12.4 Å². The van der Waals surface area contributed by atoms with Gasteiger partial charge in [0, 0.05) is 10.9 Å². The summed E-state index contributed by atoms with van der Waals surface area (Å²) in [5.74, 6) is 0.672. The van der Waals surface area contributed by atoms with Crippen LogP contribution in [0.1, 0.15) is 15.9 Å². The minimum Gasteiger partial charge on any atom is -0.497 e. The largest absolute Gasteiger partial charge is 0.497 e. The number of methoxy groups -OCH3 is 1. The van der Waals surface area contributed by atoms with E-state index in [4.69, 9.17) is 21.1 Å². The zero-order valence-corrected chi connectivity index (χ0v) is 16.7. The van der Waals surface area contributed by atoms with E-state index in [0.29, 0.717) is 23.6 Å². The minimum atomic E-state index is -0.587. The van der Waals surface area contributed by atoms with Gasteiger partial charge in [0.2, 0.25) is 0 Å². The number of fused-ring (bicyclic) bond motifs is 1.